The molecule has 0 fully saturated rings. The summed E-state index contributed by atoms with van der Waals surface area (Å²) < 4.78 is 0.890. The summed E-state index contributed by atoms with van der Waals surface area (Å²) in [5.41, 5.74) is 3.56. The number of hydrazine groups is 1. The number of hydrogen-bond donors (Lipinski definition) is 3. The molecule has 5 heteroatoms. The smallest absolute Gasteiger partial charge is 0.282 e. The molecular weight excluding hydrogens is 293 g/mol. The first kappa shape index (κ1) is 9.47. The van der Waals surface area contributed by atoms with Gasteiger partial charge >= 0.3 is 0 Å². The number of halogens is 1. The van der Waals surface area contributed by atoms with E-state index >= 15 is 0 Å². The average molecular weight is 301 g/mol. The molecule has 0 saturated heterocycles. The van der Waals surface area contributed by atoms with Crippen molar-refractivity contribution in [2.24, 2.45) is 5.84 Å². The highest BCUT2D eigenvalue weighted by Crippen LogP contribution is 2.23. The molecule has 14 heavy (non-hydrogen) atoms. The second-order valence-corrected chi connectivity index (χ2v) is 3.91. The van der Waals surface area contributed by atoms with Crippen molar-refractivity contribution in [1.29, 1.82) is 0 Å². The third kappa shape index (κ3) is 1.38. The summed E-state index contributed by atoms with van der Waals surface area (Å²) in [7, 11) is 0. The van der Waals surface area contributed by atoms with Crippen LogP contribution in [0.15, 0.2) is 24.3 Å². The Hall–Kier alpha value is -1.08. The highest BCUT2D eigenvalue weighted by molar-refractivity contribution is 14.1. The summed E-state index contributed by atoms with van der Waals surface area (Å²) in [6.45, 7) is 0. The number of rotatable bonds is 1. The Balaban J connectivity index is 2.68. The first-order valence-electron chi connectivity index (χ1n) is 4.01. The van der Waals surface area contributed by atoms with E-state index in [0.29, 0.717) is 5.69 Å². The summed E-state index contributed by atoms with van der Waals surface area (Å²) in [5.74, 6) is 4.77. The van der Waals surface area contributed by atoms with Gasteiger partial charge in [-0.2, -0.15) is 0 Å². The topological polar surface area (TPSA) is 70.9 Å². The van der Waals surface area contributed by atoms with Crippen LogP contribution in [0, 0.1) is 3.57 Å². The van der Waals surface area contributed by atoms with Crippen LogP contribution in [-0.4, -0.2) is 10.9 Å². The number of amides is 1. The zero-order valence-electron chi connectivity index (χ0n) is 7.17. The number of nitrogen functional groups attached to an aromatic ring is 1. The normalized spacial score (nSPS) is 10.4. The fraction of sp³-hybridized carbons (Fsp3) is 0. The minimum atomic E-state index is -0.300. The molecule has 0 bridgehead atoms. The molecule has 4 nitrogen and oxygen atoms in total. The van der Waals surface area contributed by atoms with E-state index in [0.717, 1.165) is 14.5 Å². The second-order valence-electron chi connectivity index (χ2n) is 2.83. The SMILES string of the molecule is NNC(=O)c1[nH]c2ccccc2c1I. The number of aromatic nitrogens is 1. The van der Waals surface area contributed by atoms with Gasteiger partial charge in [0.05, 0.1) is 3.57 Å². The highest BCUT2D eigenvalue weighted by Gasteiger charge is 2.13. The summed E-state index contributed by atoms with van der Waals surface area (Å²) >= 11 is 2.12. The van der Waals surface area contributed by atoms with Gasteiger partial charge in [-0.25, -0.2) is 5.84 Å². The van der Waals surface area contributed by atoms with Crippen LogP contribution in [0.1, 0.15) is 10.5 Å². The maximum absolute atomic E-state index is 11.3. The number of carbonyl (C=O) groups is 1. The van der Waals surface area contributed by atoms with Gasteiger partial charge in [0.25, 0.3) is 5.91 Å². The molecule has 0 aliphatic carbocycles. The molecule has 0 spiro atoms. The predicted octanol–water partition coefficient (Wildman–Crippen LogP) is 1.38. The van der Waals surface area contributed by atoms with Crippen LogP contribution in [0.3, 0.4) is 0 Å². The van der Waals surface area contributed by atoms with E-state index in [9.17, 15) is 4.79 Å². The van der Waals surface area contributed by atoms with Crippen LogP contribution in [0.2, 0.25) is 0 Å². The Morgan fingerprint density at radius 1 is 1.43 bits per heavy atom. The molecule has 72 valence electrons. The molecular formula is C9H8IN3O. The predicted molar refractivity (Wildman–Crippen MR) is 62.7 cm³/mol. The zero-order chi connectivity index (χ0) is 10.1. The van der Waals surface area contributed by atoms with Crippen LogP contribution in [-0.2, 0) is 0 Å². The molecule has 1 aromatic heterocycles. The van der Waals surface area contributed by atoms with E-state index in [1.807, 2.05) is 24.3 Å². The van der Waals surface area contributed by atoms with Gasteiger partial charge in [0.15, 0.2) is 0 Å². The third-order valence-electron chi connectivity index (χ3n) is 2.00. The third-order valence-corrected chi connectivity index (χ3v) is 3.12. The van der Waals surface area contributed by atoms with Crippen molar-refractivity contribution >= 4 is 39.4 Å². The molecule has 2 rings (SSSR count). The molecule has 1 amide bonds. The van der Waals surface area contributed by atoms with E-state index in [-0.39, 0.29) is 5.91 Å². The number of para-hydroxylation sites is 1. The van der Waals surface area contributed by atoms with Gasteiger partial charge in [0, 0.05) is 10.9 Å². The number of H-pyrrole nitrogens is 1. The minimum Gasteiger partial charge on any atom is -0.350 e. The van der Waals surface area contributed by atoms with Crippen molar-refractivity contribution in [3.05, 3.63) is 33.5 Å². The summed E-state index contributed by atoms with van der Waals surface area (Å²) in [6, 6.07) is 7.73. The maximum Gasteiger partial charge on any atom is 0.282 e. The summed E-state index contributed by atoms with van der Waals surface area (Å²) in [4.78, 5) is 14.3. The second kappa shape index (κ2) is 3.58. The molecule has 0 saturated carbocycles. The zero-order valence-corrected chi connectivity index (χ0v) is 9.33. The molecule has 1 heterocycles. The molecule has 2 aromatic rings. The fourth-order valence-corrected chi connectivity index (χ4v) is 2.19. The molecule has 0 aliphatic heterocycles. The van der Waals surface area contributed by atoms with Crippen LogP contribution in [0.4, 0.5) is 0 Å². The number of hydrogen-bond acceptors (Lipinski definition) is 2. The number of nitrogens with one attached hydrogen (secondary N) is 2. The summed E-state index contributed by atoms with van der Waals surface area (Å²) in [5, 5.41) is 1.03. The van der Waals surface area contributed by atoms with Crippen LogP contribution >= 0.6 is 22.6 Å². The van der Waals surface area contributed by atoms with Gasteiger partial charge in [-0.3, -0.25) is 10.2 Å². The van der Waals surface area contributed by atoms with Gasteiger partial charge in [0.1, 0.15) is 5.69 Å². The quantitative estimate of drug-likeness (QED) is 0.322. The number of benzene rings is 1. The number of aromatic amines is 1. The standard InChI is InChI=1S/C9H8IN3O/c10-7-5-3-1-2-4-6(5)12-8(7)9(14)13-11/h1-4,12H,11H2,(H,13,14). The Kier molecular flexibility index (Phi) is 2.42. The Labute approximate surface area is 94.0 Å². The molecule has 0 aliphatic rings. The molecule has 1 aromatic carbocycles. The van der Waals surface area contributed by atoms with Gasteiger partial charge in [-0.1, -0.05) is 18.2 Å². The lowest BCUT2D eigenvalue weighted by Gasteiger charge is -1.95. The molecule has 0 radical (unpaired) electrons. The Morgan fingerprint density at radius 2 is 2.14 bits per heavy atom. The lowest BCUT2D eigenvalue weighted by atomic mass is 10.2. The number of carbonyl (C=O) groups excluding carboxylic acids is 1. The molecule has 4 N–H and O–H groups in total. The largest absolute Gasteiger partial charge is 0.350 e. The Morgan fingerprint density at radius 3 is 2.79 bits per heavy atom. The van der Waals surface area contributed by atoms with E-state index in [1.54, 1.807) is 0 Å². The average Bonchev–Trinajstić information content (AvgIpc) is 2.56. The maximum atomic E-state index is 11.3. The van der Waals surface area contributed by atoms with Gasteiger partial charge in [-0.15, -0.1) is 0 Å². The van der Waals surface area contributed by atoms with Crippen molar-refractivity contribution < 1.29 is 4.79 Å². The van der Waals surface area contributed by atoms with Crippen molar-refractivity contribution in [3.8, 4) is 0 Å². The first-order chi connectivity index (χ1) is 6.74. The highest BCUT2D eigenvalue weighted by atomic mass is 127. The van der Waals surface area contributed by atoms with Crippen molar-refractivity contribution in [3.63, 3.8) is 0 Å². The number of fused-ring (bicyclic) bond motifs is 1. The summed E-state index contributed by atoms with van der Waals surface area (Å²) in [6.07, 6.45) is 0. The fourth-order valence-electron chi connectivity index (χ4n) is 1.34. The van der Waals surface area contributed by atoms with Gasteiger partial charge < -0.3 is 4.98 Å². The van der Waals surface area contributed by atoms with E-state index in [2.05, 4.69) is 33.0 Å². The minimum absolute atomic E-state index is 0.300. The lowest BCUT2D eigenvalue weighted by molar-refractivity contribution is 0.0948. The van der Waals surface area contributed by atoms with E-state index in [1.165, 1.54) is 0 Å². The van der Waals surface area contributed by atoms with Gasteiger partial charge in [-0.05, 0) is 28.7 Å². The number of nitrogens with two attached hydrogens (primary N) is 1. The van der Waals surface area contributed by atoms with Crippen molar-refractivity contribution in [1.82, 2.24) is 10.4 Å². The van der Waals surface area contributed by atoms with E-state index in [4.69, 9.17) is 5.84 Å². The molecule has 0 atom stereocenters. The van der Waals surface area contributed by atoms with Crippen molar-refractivity contribution in [2.45, 2.75) is 0 Å². The molecule has 0 unspecified atom stereocenters. The van der Waals surface area contributed by atoms with Crippen molar-refractivity contribution in [2.75, 3.05) is 0 Å². The van der Waals surface area contributed by atoms with Gasteiger partial charge in [0.2, 0.25) is 0 Å². The lowest BCUT2D eigenvalue weighted by Crippen LogP contribution is -2.30. The Bertz CT molecular complexity index is 492. The van der Waals surface area contributed by atoms with Crippen LogP contribution in [0.5, 0.6) is 0 Å². The first-order valence-corrected chi connectivity index (χ1v) is 5.09. The van der Waals surface area contributed by atoms with E-state index < -0.39 is 0 Å². The van der Waals surface area contributed by atoms with Crippen LogP contribution < -0.4 is 11.3 Å². The monoisotopic (exact) mass is 301 g/mol. The van der Waals surface area contributed by atoms with Crippen LogP contribution in [0.25, 0.3) is 10.9 Å².